The molecular weight excluding hydrogens is 254 g/mol. The van der Waals surface area contributed by atoms with E-state index in [1.54, 1.807) is 0 Å². The first-order valence-corrected chi connectivity index (χ1v) is 7.88. The van der Waals surface area contributed by atoms with Crippen LogP contribution in [0.3, 0.4) is 0 Å². The van der Waals surface area contributed by atoms with E-state index in [9.17, 15) is 0 Å². The highest BCUT2D eigenvalue weighted by Gasteiger charge is 2.37. The molecule has 1 heteroatoms. The Morgan fingerprint density at radius 1 is 0.905 bits per heavy atom. The van der Waals surface area contributed by atoms with E-state index in [-0.39, 0.29) is 10.8 Å². The van der Waals surface area contributed by atoms with Gasteiger partial charge in [-0.1, -0.05) is 52.0 Å². The molecule has 1 aromatic heterocycles. The molecule has 0 unspecified atom stereocenters. The van der Waals surface area contributed by atoms with Crippen LogP contribution in [0.1, 0.15) is 57.2 Å². The minimum absolute atomic E-state index is 0.238. The van der Waals surface area contributed by atoms with Gasteiger partial charge < -0.3 is 0 Å². The number of aryl methyl sites for hydroxylation is 1. The van der Waals surface area contributed by atoms with Gasteiger partial charge in [0.2, 0.25) is 0 Å². The van der Waals surface area contributed by atoms with E-state index >= 15 is 0 Å². The second-order valence-corrected chi connectivity index (χ2v) is 7.70. The molecule has 1 aliphatic rings. The van der Waals surface area contributed by atoms with E-state index in [4.69, 9.17) is 4.98 Å². The van der Waals surface area contributed by atoms with Gasteiger partial charge in [-0.2, -0.15) is 0 Å². The first kappa shape index (κ1) is 14.3. The Kier molecular flexibility index (Phi) is 3.20. The highest BCUT2D eigenvalue weighted by molar-refractivity contribution is 5.65. The van der Waals surface area contributed by atoms with Gasteiger partial charge in [0.25, 0.3) is 0 Å². The van der Waals surface area contributed by atoms with Crippen molar-refractivity contribution in [1.82, 2.24) is 4.98 Å². The maximum atomic E-state index is 4.78. The second-order valence-electron chi connectivity index (χ2n) is 7.70. The molecule has 1 heterocycles. The van der Waals surface area contributed by atoms with Crippen LogP contribution in [0.15, 0.2) is 36.5 Å². The fraction of sp³-hybridized carbons (Fsp3) is 0.450. The maximum Gasteiger partial charge on any atom is 0.0707 e. The van der Waals surface area contributed by atoms with E-state index in [0.717, 1.165) is 5.69 Å². The molecule has 0 radical (unpaired) electrons. The number of hydrogen-bond acceptors (Lipinski definition) is 1. The van der Waals surface area contributed by atoms with Crippen LogP contribution >= 0.6 is 0 Å². The molecule has 0 fully saturated rings. The Bertz CT molecular complexity index is 680. The molecule has 0 atom stereocenters. The molecule has 110 valence electrons. The van der Waals surface area contributed by atoms with Crippen molar-refractivity contribution in [1.29, 1.82) is 0 Å². The van der Waals surface area contributed by atoms with Crippen LogP contribution in [0.4, 0.5) is 0 Å². The third-order valence-corrected chi connectivity index (χ3v) is 5.16. The Hall–Kier alpha value is -1.63. The third kappa shape index (κ3) is 2.39. The number of nitrogens with zero attached hydrogens (tertiary/aromatic N) is 1. The smallest absolute Gasteiger partial charge is 0.0707 e. The van der Waals surface area contributed by atoms with Crippen molar-refractivity contribution in [3.05, 3.63) is 53.2 Å². The van der Waals surface area contributed by atoms with Crippen LogP contribution in [0.25, 0.3) is 11.3 Å². The van der Waals surface area contributed by atoms with E-state index in [2.05, 4.69) is 71.1 Å². The monoisotopic (exact) mass is 279 g/mol. The predicted octanol–water partition coefficient (Wildman–Crippen LogP) is 5.41. The summed E-state index contributed by atoms with van der Waals surface area (Å²) in [5, 5.41) is 0. The van der Waals surface area contributed by atoms with Crippen molar-refractivity contribution in [3.63, 3.8) is 0 Å². The Balaban J connectivity index is 2.19. The molecule has 0 bridgehead atoms. The fourth-order valence-electron chi connectivity index (χ4n) is 3.46. The quantitative estimate of drug-likeness (QED) is 0.680. The van der Waals surface area contributed by atoms with Gasteiger partial charge in [-0.3, -0.25) is 4.98 Å². The molecule has 2 aromatic rings. The normalized spacial score (nSPS) is 19.1. The summed E-state index contributed by atoms with van der Waals surface area (Å²) in [6, 6.07) is 10.8. The molecule has 0 amide bonds. The van der Waals surface area contributed by atoms with Gasteiger partial charge in [-0.15, -0.1) is 0 Å². The van der Waals surface area contributed by atoms with E-state index < -0.39 is 0 Å². The molecule has 0 saturated heterocycles. The van der Waals surface area contributed by atoms with Crippen LogP contribution in [-0.4, -0.2) is 4.98 Å². The molecule has 1 nitrogen and oxygen atoms in total. The molecule has 0 spiro atoms. The number of benzene rings is 1. The molecule has 1 aromatic carbocycles. The first-order chi connectivity index (χ1) is 9.81. The SMILES string of the molecule is Cc1ccccc1-c1cc2c(cn1)C(C)(C)CCC2(C)C. The molecule has 0 N–H and O–H groups in total. The lowest BCUT2D eigenvalue weighted by molar-refractivity contribution is 0.331. The van der Waals surface area contributed by atoms with Crippen molar-refractivity contribution in [2.24, 2.45) is 0 Å². The number of aromatic nitrogens is 1. The van der Waals surface area contributed by atoms with Gasteiger partial charge in [0.15, 0.2) is 0 Å². The molecule has 0 aliphatic heterocycles. The lowest BCUT2D eigenvalue weighted by atomic mass is 9.63. The predicted molar refractivity (Wildman–Crippen MR) is 89.7 cm³/mol. The number of hydrogen-bond donors (Lipinski definition) is 0. The molecule has 1 aliphatic carbocycles. The van der Waals surface area contributed by atoms with Crippen LogP contribution in [0.5, 0.6) is 0 Å². The minimum Gasteiger partial charge on any atom is -0.256 e. The maximum absolute atomic E-state index is 4.78. The zero-order chi connectivity index (χ0) is 15.3. The number of rotatable bonds is 1. The van der Waals surface area contributed by atoms with E-state index in [1.807, 2.05) is 0 Å². The second kappa shape index (κ2) is 4.69. The average Bonchev–Trinajstić information content (AvgIpc) is 2.44. The van der Waals surface area contributed by atoms with E-state index in [0.29, 0.717) is 0 Å². The van der Waals surface area contributed by atoms with Gasteiger partial charge in [0, 0.05) is 11.8 Å². The highest BCUT2D eigenvalue weighted by atomic mass is 14.7. The molecule has 0 saturated carbocycles. The van der Waals surface area contributed by atoms with Gasteiger partial charge in [-0.05, 0) is 53.4 Å². The summed E-state index contributed by atoms with van der Waals surface area (Å²) in [4.78, 5) is 4.78. The number of fused-ring (bicyclic) bond motifs is 1. The standard InChI is InChI=1S/C20H25N/c1-14-8-6-7-9-15(14)18-12-16-17(13-21-18)20(4,5)11-10-19(16,2)3/h6-9,12-13H,10-11H2,1-5H3. The average molecular weight is 279 g/mol. The summed E-state index contributed by atoms with van der Waals surface area (Å²) in [5.74, 6) is 0. The van der Waals surface area contributed by atoms with Crippen LogP contribution in [-0.2, 0) is 10.8 Å². The van der Waals surface area contributed by atoms with E-state index in [1.165, 1.54) is 35.1 Å². The fourth-order valence-corrected chi connectivity index (χ4v) is 3.46. The number of pyridine rings is 1. The Labute approximate surface area is 128 Å². The minimum atomic E-state index is 0.238. The van der Waals surface area contributed by atoms with Crippen LogP contribution in [0, 0.1) is 6.92 Å². The van der Waals surface area contributed by atoms with Crippen LogP contribution in [0.2, 0.25) is 0 Å². The zero-order valence-corrected chi connectivity index (χ0v) is 13.8. The van der Waals surface area contributed by atoms with Crippen LogP contribution < -0.4 is 0 Å². The largest absolute Gasteiger partial charge is 0.256 e. The van der Waals surface area contributed by atoms with Gasteiger partial charge >= 0.3 is 0 Å². The first-order valence-electron chi connectivity index (χ1n) is 7.88. The summed E-state index contributed by atoms with van der Waals surface area (Å²) in [6.45, 7) is 11.6. The van der Waals surface area contributed by atoms with Crippen molar-refractivity contribution >= 4 is 0 Å². The Morgan fingerprint density at radius 3 is 2.19 bits per heavy atom. The summed E-state index contributed by atoms with van der Waals surface area (Å²) in [7, 11) is 0. The van der Waals surface area contributed by atoms with Crippen molar-refractivity contribution < 1.29 is 0 Å². The summed E-state index contributed by atoms with van der Waals surface area (Å²) >= 11 is 0. The summed E-state index contributed by atoms with van der Waals surface area (Å²) in [6.07, 6.45) is 4.60. The van der Waals surface area contributed by atoms with Crippen molar-refractivity contribution in [2.45, 2.75) is 58.3 Å². The van der Waals surface area contributed by atoms with Crippen molar-refractivity contribution in [3.8, 4) is 11.3 Å². The molecule has 21 heavy (non-hydrogen) atoms. The highest BCUT2D eigenvalue weighted by Crippen LogP contribution is 2.46. The summed E-state index contributed by atoms with van der Waals surface area (Å²) < 4.78 is 0. The third-order valence-electron chi connectivity index (χ3n) is 5.16. The molecular formula is C20H25N. The topological polar surface area (TPSA) is 12.9 Å². The van der Waals surface area contributed by atoms with Crippen molar-refractivity contribution in [2.75, 3.05) is 0 Å². The zero-order valence-electron chi connectivity index (χ0n) is 13.8. The van der Waals surface area contributed by atoms with Gasteiger partial charge in [0.1, 0.15) is 0 Å². The summed E-state index contributed by atoms with van der Waals surface area (Å²) in [5.41, 5.74) is 7.03. The van der Waals surface area contributed by atoms with Gasteiger partial charge in [0.05, 0.1) is 5.69 Å². The Morgan fingerprint density at radius 2 is 1.52 bits per heavy atom. The lowest BCUT2D eigenvalue weighted by Crippen LogP contribution is -2.34. The lowest BCUT2D eigenvalue weighted by Gasteiger charge is -2.41. The molecule has 3 rings (SSSR count). The van der Waals surface area contributed by atoms with Gasteiger partial charge in [-0.25, -0.2) is 0 Å².